The molecule has 0 unspecified atom stereocenters. The number of pyridine rings is 1. The second kappa shape index (κ2) is 9.95. The Kier molecular flexibility index (Phi) is 7.10. The van der Waals surface area contributed by atoms with Gasteiger partial charge in [-0.25, -0.2) is 9.18 Å². The van der Waals surface area contributed by atoms with Gasteiger partial charge in [-0.1, -0.05) is 54.2 Å². The van der Waals surface area contributed by atoms with E-state index in [1.807, 2.05) is 19.1 Å². The fourth-order valence-corrected chi connectivity index (χ4v) is 3.18. The average molecular weight is 437 g/mol. The first-order chi connectivity index (χ1) is 14.9. The number of nitrogens with zero attached hydrogens (tertiary/aromatic N) is 1. The van der Waals surface area contributed by atoms with Gasteiger partial charge >= 0.3 is 5.97 Å². The number of anilines is 1. The van der Waals surface area contributed by atoms with Crippen LogP contribution < -0.4 is 15.0 Å². The summed E-state index contributed by atoms with van der Waals surface area (Å²) in [6.45, 7) is 3.85. The SMILES string of the molecule is CCOC(=O)c1ccc[n+](C(C(=S)Nc2ccccc2F)=C([O-])c2ccc(C)cc2)c1. The van der Waals surface area contributed by atoms with Gasteiger partial charge in [0.2, 0.25) is 5.70 Å². The molecule has 0 aliphatic carbocycles. The summed E-state index contributed by atoms with van der Waals surface area (Å²) >= 11 is 5.49. The highest BCUT2D eigenvalue weighted by molar-refractivity contribution is 7.81. The molecule has 158 valence electrons. The molecule has 3 rings (SSSR count). The Morgan fingerprint density at radius 2 is 1.81 bits per heavy atom. The van der Waals surface area contributed by atoms with E-state index in [-0.39, 0.29) is 34.3 Å². The number of nitrogens with one attached hydrogen (secondary N) is 1. The molecule has 2 aromatic carbocycles. The predicted molar refractivity (Wildman–Crippen MR) is 120 cm³/mol. The maximum absolute atomic E-state index is 14.2. The van der Waals surface area contributed by atoms with E-state index >= 15 is 0 Å². The largest absolute Gasteiger partial charge is 0.867 e. The highest BCUT2D eigenvalue weighted by atomic mass is 32.1. The Labute approximate surface area is 185 Å². The maximum Gasteiger partial charge on any atom is 0.344 e. The monoisotopic (exact) mass is 436 g/mol. The third kappa shape index (κ3) is 5.32. The molecule has 0 aliphatic heterocycles. The second-order valence-electron chi connectivity index (χ2n) is 6.70. The van der Waals surface area contributed by atoms with Crippen LogP contribution in [0.3, 0.4) is 0 Å². The highest BCUT2D eigenvalue weighted by Gasteiger charge is 2.22. The first kappa shape index (κ1) is 22.1. The molecule has 5 nitrogen and oxygen atoms in total. The van der Waals surface area contributed by atoms with Crippen molar-refractivity contribution < 1.29 is 23.6 Å². The lowest BCUT2D eigenvalue weighted by molar-refractivity contribution is -0.577. The summed E-state index contributed by atoms with van der Waals surface area (Å²) in [6, 6.07) is 16.2. The smallest absolute Gasteiger partial charge is 0.344 e. The van der Waals surface area contributed by atoms with Gasteiger partial charge in [-0.05, 0) is 43.4 Å². The van der Waals surface area contributed by atoms with Crippen molar-refractivity contribution in [1.29, 1.82) is 0 Å². The molecule has 0 atom stereocenters. The average Bonchev–Trinajstić information content (AvgIpc) is 2.76. The third-order valence-electron chi connectivity index (χ3n) is 4.44. The van der Waals surface area contributed by atoms with Crippen molar-refractivity contribution in [3.05, 3.63) is 95.6 Å². The molecule has 1 aromatic heterocycles. The number of para-hydroxylation sites is 1. The first-order valence-electron chi connectivity index (χ1n) is 9.63. The van der Waals surface area contributed by atoms with Gasteiger partial charge in [-0.2, -0.15) is 4.57 Å². The summed E-state index contributed by atoms with van der Waals surface area (Å²) in [5.41, 5.74) is 1.89. The molecule has 31 heavy (non-hydrogen) atoms. The Morgan fingerprint density at radius 3 is 2.48 bits per heavy atom. The maximum atomic E-state index is 14.2. The van der Waals surface area contributed by atoms with Gasteiger partial charge in [-0.3, -0.25) is 0 Å². The zero-order valence-electron chi connectivity index (χ0n) is 17.1. The fourth-order valence-electron chi connectivity index (χ4n) is 2.87. The number of carbonyl (C=O) groups is 1. The number of hydrogen-bond acceptors (Lipinski definition) is 4. The van der Waals surface area contributed by atoms with Crippen LogP contribution in [0.15, 0.2) is 73.1 Å². The summed E-state index contributed by atoms with van der Waals surface area (Å²) in [5, 5.41) is 16.2. The Balaban J connectivity index is 2.11. The molecular formula is C24H21FN2O3S. The van der Waals surface area contributed by atoms with Crippen molar-refractivity contribution >= 4 is 40.3 Å². The van der Waals surface area contributed by atoms with E-state index in [9.17, 15) is 14.3 Å². The molecule has 0 bridgehead atoms. The van der Waals surface area contributed by atoms with Crippen LogP contribution in [0.25, 0.3) is 11.5 Å². The third-order valence-corrected chi connectivity index (χ3v) is 4.73. The van der Waals surface area contributed by atoms with E-state index in [2.05, 4.69) is 5.32 Å². The van der Waals surface area contributed by atoms with Crippen LogP contribution in [0.2, 0.25) is 0 Å². The minimum absolute atomic E-state index is 0.0154. The van der Waals surface area contributed by atoms with Crippen LogP contribution >= 0.6 is 12.2 Å². The van der Waals surface area contributed by atoms with Crippen molar-refractivity contribution in [3.63, 3.8) is 0 Å². The number of benzene rings is 2. The van der Waals surface area contributed by atoms with Crippen LogP contribution in [0.5, 0.6) is 0 Å². The number of esters is 1. The van der Waals surface area contributed by atoms with Crippen LogP contribution in [0.4, 0.5) is 10.1 Å². The number of ether oxygens (including phenoxy) is 1. The Hall–Kier alpha value is -3.58. The zero-order chi connectivity index (χ0) is 22.4. The summed E-state index contributed by atoms with van der Waals surface area (Å²) in [4.78, 5) is 12.2. The van der Waals surface area contributed by atoms with Crippen molar-refractivity contribution in [2.45, 2.75) is 13.8 Å². The van der Waals surface area contributed by atoms with Gasteiger partial charge in [-0.15, -0.1) is 0 Å². The number of halogens is 1. The molecule has 0 amide bonds. The summed E-state index contributed by atoms with van der Waals surface area (Å²) in [5.74, 6) is -1.40. The second-order valence-corrected chi connectivity index (χ2v) is 7.11. The van der Waals surface area contributed by atoms with Gasteiger partial charge in [0.05, 0.1) is 12.3 Å². The molecule has 0 spiro atoms. The molecule has 1 heterocycles. The molecule has 0 saturated carbocycles. The number of thiocarbonyl (C=S) groups is 1. The number of aromatic nitrogens is 1. The summed E-state index contributed by atoms with van der Waals surface area (Å²) < 4.78 is 20.7. The number of rotatable bonds is 6. The molecule has 0 radical (unpaired) electrons. The molecule has 7 heteroatoms. The minimum Gasteiger partial charge on any atom is -0.867 e. The van der Waals surface area contributed by atoms with Crippen LogP contribution in [0.1, 0.15) is 28.4 Å². The van der Waals surface area contributed by atoms with E-state index in [1.165, 1.54) is 22.9 Å². The van der Waals surface area contributed by atoms with Gasteiger partial charge in [0.1, 0.15) is 11.4 Å². The van der Waals surface area contributed by atoms with Gasteiger partial charge in [0, 0.05) is 6.07 Å². The summed E-state index contributed by atoms with van der Waals surface area (Å²) in [7, 11) is 0. The molecule has 3 aromatic rings. The van der Waals surface area contributed by atoms with Crippen molar-refractivity contribution in [2.24, 2.45) is 0 Å². The quantitative estimate of drug-likeness (QED) is 0.210. The molecule has 0 fully saturated rings. The van der Waals surface area contributed by atoms with Gasteiger partial charge in [0.25, 0.3) is 0 Å². The number of hydrogen-bond donors (Lipinski definition) is 1. The van der Waals surface area contributed by atoms with E-state index in [0.29, 0.717) is 5.56 Å². The predicted octanol–water partition coefficient (Wildman–Crippen LogP) is 3.72. The Bertz CT molecular complexity index is 1140. The normalized spacial score (nSPS) is 11.5. The lowest BCUT2D eigenvalue weighted by atomic mass is 10.1. The standard InChI is InChI=1S/C24H21FN2O3S/c1-3-30-24(29)18-7-6-14-27(15-18)21(22(28)17-12-10-16(2)11-13-17)23(31)26-20-9-5-4-8-19(20)25/h4-15H,3H2,1-2H3,(H-,26,28,31). The molecular weight excluding hydrogens is 415 g/mol. The van der Waals surface area contributed by atoms with Crippen molar-refractivity contribution in [3.8, 4) is 0 Å². The van der Waals surface area contributed by atoms with E-state index in [1.54, 1.807) is 49.5 Å². The highest BCUT2D eigenvalue weighted by Crippen LogP contribution is 2.19. The lowest BCUT2D eigenvalue weighted by Crippen LogP contribution is -2.40. The van der Waals surface area contributed by atoms with Crippen LogP contribution in [-0.4, -0.2) is 17.6 Å². The molecule has 1 N–H and O–H groups in total. The van der Waals surface area contributed by atoms with Gasteiger partial charge < -0.3 is 15.2 Å². The topological polar surface area (TPSA) is 65.3 Å². The lowest BCUT2D eigenvalue weighted by Gasteiger charge is -2.17. The van der Waals surface area contributed by atoms with E-state index < -0.39 is 11.8 Å². The minimum atomic E-state index is -0.521. The number of carbonyl (C=O) groups excluding carboxylic acids is 1. The van der Waals surface area contributed by atoms with E-state index in [4.69, 9.17) is 17.0 Å². The van der Waals surface area contributed by atoms with Crippen LogP contribution in [-0.2, 0) is 4.74 Å². The fraction of sp³-hybridized carbons (Fsp3) is 0.125. The molecule has 0 aliphatic rings. The van der Waals surface area contributed by atoms with Crippen molar-refractivity contribution in [1.82, 2.24) is 0 Å². The Morgan fingerprint density at radius 1 is 1.10 bits per heavy atom. The summed E-state index contributed by atoms with van der Waals surface area (Å²) in [6.07, 6.45) is 3.06. The van der Waals surface area contributed by atoms with Gasteiger partial charge in [0.15, 0.2) is 17.4 Å². The van der Waals surface area contributed by atoms with E-state index in [0.717, 1.165) is 5.56 Å². The first-order valence-corrected chi connectivity index (χ1v) is 10.0. The number of aryl methyl sites for hydroxylation is 1. The molecule has 0 saturated heterocycles. The van der Waals surface area contributed by atoms with Crippen LogP contribution in [0, 0.1) is 12.7 Å². The van der Waals surface area contributed by atoms with Crippen molar-refractivity contribution in [2.75, 3.05) is 11.9 Å². The zero-order valence-corrected chi connectivity index (χ0v) is 17.9.